The van der Waals surface area contributed by atoms with Gasteiger partial charge in [-0.3, -0.25) is 24.1 Å². The highest BCUT2D eigenvalue weighted by molar-refractivity contribution is 6.24. The molecule has 1 saturated carbocycles. The van der Waals surface area contributed by atoms with Crippen molar-refractivity contribution in [1.82, 2.24) is 9.80 Å². The number of phenols is 1. The molecule has 1 saturated heterocycles. The molecule has 0 bridgehead atoms. The molecule has 4 atom stereocenters. The van der Waals surface area contributed by atoms with E-state index in [1.54, 1.807) is 20.2 Å². The number of likely N-dealkylation sites (N-methyl/N-ethyl adjacent to an activating group) is 1. The largest absolute Gasteiger partial charge is 0.508 e. The van der Waals surface area contributed by atoms with Crippen LogP contribution in [0.15, 0.2) is 53.3 Å². The summed E-state index contributed by atoms with van der Waals surface area (Å²) in [5.41, 5.74) is 4.79. The number of benzene rings is 2. The standard InChI is InChI=1S/C36H42N4O9/c1-39(2)29-24-17-20-16-23-22(18-4-6-21(7-5-18)38-12-15-40-13-10-19(11-14-40)35(47)49-3)8-9-25(41)27(23)30(42)26(20)32(44)36(24,48)33(45)28(31(29)43)34(37)46/h4-9,19-20,24,29,38,41-42,45,48H,10-17H2,1-3H3,(H2,37,46)/t20-,24-,29?,36-/m0/s1. The Bertz CT molecular complexity index is 1770. The van der Waals surface area contributed by atoms with Gasteiger partial charge in [-0.2, -0.15) is 0 Å². The average Bonchev–Trinajstić information content (AvgIpc) is 3.06. The van der Waals surface area contributed by atoms with Crippen LogP contribution < -0.4 is 11.1 Å². The number of carbonyl (C=O) groups excluding carboxylic acids is 4. The lowest BCUT2D eigenvalue weighted by atomic mass is 9.57. The number of primary amides is 1. The summed E-state index contributed by atoms with van der Waals surface area (Å²) in [4.78, 5) is 55.2. The molecular formula is C36H42N4O9. The van der Waals surface area contributed by atoms with E-state index in [1.807, 2.05) is 24.3 Å². The van der Waals surface area contributed by atoms with Crippen LogP contribution in [0.4, 0.5) is 5.69 Å². The third-order valence-electron chi connectivity index (χ3n) is 10.7. The molecule has 2 aromatic rings. The van der Waals surface area contributed by atoms with E-state index in [1.165, 1.54) is 18.1 Å². The predicted molar refractivity (Wildman–Crippen MR) is 179 cm³/mol. The minimum atomic E-state index is -2.68. The minimum Gasteiger partial charge on any atom is -0.508 e. The molecule has 1 heterocycles. The number of amides is 1. The number of rotatable bonds is 8. The Morgan fingerprint density at radius 1 is 1.06 bits per heavy atom. The number of nitrogens with two attached hydrogens (primary N) is 1. The molecule has 1 unspecified atom stereocenters. The fraction of sp³-hybridized carbons (Fsp3) is 0.444. The number of hydrogen-bond donors (Lipinski definition) is 6. The fourth-order valence-electron chi connectivity index (χ4n) is 8.20. The lowest BCUT2D eigenvalue weighted by molar-refractivity contribution is -0.153. The maximum Gasteiger partial charge on any atom is 0.308 e. The fourth-order valence-corrected chi connectivity index (χ4v) is 8.20. The maximum absolute atomic E-state index is 14.1. The molecule has 49 heavy (non-hydrogen) atoms. The molecule has 13 nitrogen and oxygen atoms in total. The third kappa shape index (κ3) is 5.65. The second kappa shape index (κ2) is 13.0. The molecular weight excluding hydrogens is 632 g/mol. The van der Waals surface area contributed by atoms with Gasteiger partial charge in [-0.1, -0.05) is 18.2 Å². The number of Topliss-reactive ketones (excluding diaryl/α,β-unsaturated/α-hetero) is 2. The van der Waals surface area contributed by atoms with Crippen LogP contribution in [0, 0.1) is 17.8 Å². The van der Waals surface area contributed by atoms with Crippen LogP contribution in [0.25, 0.3) is 16.9 Å². The van der Waals surface area contributed by atoms with Gasteiger partial charge in [0, 0.05) is 30.3 Å². The summed E-state index contributed by atoms with van der Waals surface area (Å²) in [6, 6.07) is 9.75. The number of piperidine rings is 1. The number of anilines is 1. The molecule has 1 aliphatic heterocycles. The third-order valence-corrected chi connectivity index (χ3v) is 10.7. The van der Waals surface area contributed by atoms with Gasteiger partial charge in [0.15, 0.2) is 11.4 Å². The van der Waals surface area contributed by atoms with Crippen molar-refractivity contribution in [3.8, 4) is 16.9 Å². The second-order valence-corrected chi connectivity index (χ2v) is 13.6. The molecule has 3 aliphatic carbocycles. The molecule has 1 amide bonds. The molecule has 0 aromatic heterocycles. The molecule has 260 valence electrons. The van der Waals surface area contributed by atoms with Gasteiger partial charge in [0.05, 0.1) is 24.6 Å². The van der Waals surface area contributed by atoms with Crippen molar-refractivity contribution in [3.05, 3.63) is 64.4 Å². The van der Waals surface area contributed by atoms with E-state index in [-0.39, 0.29) is 41.6 Å². The van der Waals surface area contributed by atoms with E-state index in [4.69, 9.17) is 10.5 Å². The van der Waals surface area contributed by atoms with Crippen LogP contribution in [-0.2, 0) is 30.3 Å². The van der Waals surface area contributed by atoms with E-state index in [0.29, 0.717) is 12.1 Å². The first-order chi connectivity index (χ1) is 23.3. The van der Waals surface area contributed by atoms with Crippen molar-refractivity contribution in [1.29, 1.82) is 0 Å². The average molecular weight is 675 g/mol. The predicted octanol–water partition coefficient (Wildman–Crippen LogP) is 1.93. The van der Waals surface area contributed by atoms with Gasteiger partial charge in [-0.25, -0.2) is 0 Å². The van der Waals surface area contributed by atoms with Crippen LogP contribution in [-0.4, -0.2) is 113 Å². The second-order valence-electron chi connectivity index (χ2n) is 13.6. The van der Waals surface area contributed by atoms with Crippen molar-refractivity contribution in [2.45, 2.75) is 37.3 Å². The molecule has 13 heteroatoms. The van der Waals surface area contributed by atoms with E-state index in [2.05, 4.69) is 10.2 Å². The molecule has 2 fully saturated rings. The van der Waals surface area contributed by atoms with Gasteiger partial charge in [-0.05, 0) is 93.7 Å². The summed E-state index contributed by atoms with van der Waals surface area (Å²) in [7, 11) is 4.56. The van der Waals surface area contributed by atoms with Crippen molar-refractivity contribution < 1.29 is 44.3 Å². The number of aliphatic hydroxyl groups is 3. The van der Waals surface area contributed by atoms with E-state index < -0.39 is 58.0 Å². The zero-order chi connectivity index (χ0) is 35.4. The van der Waals surface area contributed by atoms with Crippen molar-refractivity contribution in [2.24, 2.45) is 23.5 Å². The number of carbonyl (C=O) groups is 4. The smallest absolute Gasteiger partial charge is 0.308 e. The number of esters is 1. The molecule has 7 N–H and O–H groups in total. The summed E-state index contributed by atoms with van der Waals surface area (Å²) < 4.78 is 4.87. The number of methoxy groups -OCH3 is 1. The maximum atomic E-state index is 14.1. The lowest BCUT2D eigenvalue weighted by Crippen LogP contribution is -2.65. The number of ketones is 2. The van der Waals surface area contributed by atoms with Gasteiger partial charge in [0.2, 0.25) is 5.78 Å². The number of fused-ring (bicyclic) bond motifs is 3. The highest BCUT2D eigenvalue weighted by Crippen LogP contribution is 2.53. The topological polar surface area (TPSA) is 203 Å². The zero-order valence-corrected chi connectivity index (χ0v) is 27.7. The van der Waals surface area contributed by atoms with Gasteiger partial charge >= 0.3 is 5.97 Å². The highest BCUT2D eigenvalue weighted by Gasteiger charge is 2.64. The normalized spacial score (nSPS) is 25.9. The Morgan fingerprint density at radius 2 is 1.73 bits per heavy atom. The van der Waals surface area contributed by atoms with Crippen LogP contribution >= 0.6 is 0 Å². The van der Waals surface area contributed by atoms with Gasteiger partial charge in [-0.15, -0.1) is 0 Å². The summed E-state index contributed by atoms with van der Waals surface area (Å²) in [5.74, 6) is -6.99. The highest BCUT2D eigenvalue weighted by atomic mass is 16.5. The summed E-state index contributed by atoms with van der Waals surface area (Å²) >= 11 is 0. The van der Waals surface area contributed by atoms with Gasteiger partial charge in [0.25, 0.3) is 5.91 Å². The first-order valence-electron chi connectivity index (χ1n) is 16.4. The Labute approximate surface area is 283 Å². The number of likely N-dealkylation sites (tertiary alicyclic amines) is 1. The summed E-state index contributed by atoms with van der Waals surface area (Å²) in [5, 5.41) is 48.7. The van der Waals surface area contributed by atoms with Crippen LogP contribution in [0.1, 0.15) is 30.4 Å². The Morgan fingerprint density at radius 3 is 2.35 bits per heavy atom. The number of aromatic hydroxyl groups is 1. The van der Waals surface area contributed by atoms with Gasteiger partial charge in [0.1, 0.15) is 22.8 Å². The number of hydrogen-bond acceptors (Lipinski definition) is 12. The molecule has 2 aromatic carbocycles. The van der Waals surface area contributed by atoms with E-state index >= 15 is 0 Å². The number of aliphatic hydroxyl groups excluding tert-OH is 2. The summed E-state index contributed by atoms with van der Waals surface area (Å²) in [6.45, 7) is 3.20. The quantitative estimate of drug-likeness (QED) is 0.176. The number of ether oxygens (including phenoxy) is 1. The molecule has 6 rings (SSSR count). The Kier molecular flexibility index (Phi) is 9.03. The van der Waals surface area contributed by atoms with Gasteiger partial charge < -0.3 is 41.1 Å². The first kappa shape index (κ1) is 34.2. The minimum absolute atomic E-state index is 0.0179. The Hall–Kier alpha value is -4.72. The number of nitrogens with one attached hydrogen (secondary N) is 1. The lowest BCUT2D eigenvalue weighted by Gasteiger charge is -2.50. The number of phenolic OH excluding ortho intramolecular Hbond substituents is 1. The van der Waals surface area contributed by atoms with Crippen LogP contribution in [0.2, 0.25) is 0 Å². The first-order valence-corrected chi connectivity index (χ1v) is 16.4. The van der Waals surface area contributed by atoms with Crippen molar-refractivity contribution in [3.63, 3.8) is 0 Å². The number of nitrogens with zero attached hydrogens (tertiary/aromatic N) is 2. The zero-order valence-electron chi connectivity index (χ0n) is 27.7. The SMILES string of the molecule is COC(=O)C1CCN(CCNc2ccc(-c3ccc(O)c4c3C[C@H]3C[C@H]5C(N(C)C)C(=O)C(C(N)=O)=C(O)[C@@]5(O)C(=O)C3=C4O)cc2)CC1. The molecule has 0 spiro atoms. The van der Waals surface area contributed by atoms with Crippen molar-refractivity contribution >= 4 is 34.9 Å². The molecule has 0 radical (unpaired) electrons. The van der Waals surface area contributed by atoms with E-state index in [9.17, 15) is 39.6 Å². The van der Waals surface area contributed by atoms with E-state index in [0.717, 1.165) is 49.3 Å². The Balaban J connectivity index is 1.25. The molecule has 4 aliphatic rings. The van der Waals surface area contributed by atoms with Crippen LogP contribution in [0.3, 0.4) is 0 Å². The monoisotopic (exact) mass is 674 g/mol. The summed E-state index contributed by atoms with van der Waals surface area (Å²) in [6.07, 6.45) is 1.78. The van der Waals surface area contributed by atoms with Crippen molar-refractivity contribution in [2.75, 3.05) is 52.7 Å². The van der Waals surface area contributed by atoms with Crippen LogP contribution in [0.5, 0.6) is 5.75 Å².